The lowest BCUT2D eigenvalue weighted by Crippen LogP contribution is -2.07. The monoisotopic (exact) mass is 232 g/mol. The van der Waals surface area contributed by atoms with E-state index in [0.29, 0.717) is 0 Å². The average Bonchev–Trinajstić information content (AvgIpc) is 2.72. The first-order valence-electron chi connectivity index (χ1n) is 5.27. The Hall–Kier alpha value is -1.42. The van der Waals surface area contributed by atoms with Gasteiger partial charge in [-0.25, -0.2) is 4.68 Å². The van der Waals surface area contributed by atoms with E-state index in [0.717, 1.165) is 23.6 Å². The van der Waals surface area contributed by atoms with Gasteiger partial charge in [0.15, 0.2) is 0 Å². The molecule has 3 nitrogen and oxygen atoms in total. The molecule has 0 saturated heterocycles. The second kappa shape index (κ2) is 3.87. The van der Waals surface area contributed by atoms with Crippen molar-refractivity contribution in [2.24, 2.45) is 0 Å². The molecule has 1 N–H and O–H groups in total. The molecule has 0 saturated carbocycles. The number of fused-ring (bicyclic) bond motifs is 1. The maximum atomic E-state index is 9.47. The second-order valence-electron chi connectivity index (χ2n) is 3.85. The Morgan fingerprint density at radius 1 is 1.38 bits per heavy atom. The number of rotatable bonds is 1. The van der Waals surface area contributed by atoms with Crippen molar-refractivity contribution in [2.45, 2.75) is 12.2 Å². The Balaban J connectivity index is 2.09. The quantitative estimate of drug-likeness (QED) is 0.820. The zero-order chi connectivity index (χ0) is 11.0. The minimum atomic E-state index is 0.284. The second-order valence-corrected chi connectivity index (χ2v) is 4.96. The summed E-state index contributed by atoms with van der Waals surface area (Å²) in [5.74, 6) is 2.48. The van der Waals surface area contributed by atoms with Crippen LogP contribution in [-0.4, -0.2) is 20.6 Å². The zero-order valence-electron chi connectivity index (χ0n) is 8.76. The summed E-state index contributed by atoms with van der Waals surface area (Å²) in [6, 6.07) is 7.23. The fourth-order valence-electron chi connectivity index (χ4n) is 1.99. The molecule has 1 aromatic heterocycles. The molecule has 2 heterocycles. The molecule has 0 fully saturated rings. The van der Waals surface area contributed by atoms with Gasteiger partial charge in [-0.05, 0) is 24.3 Å². The Kier molecular flexibility index (Phi) is 2.36. The van der Waals surface area contributed by atoms with Crippen molar-refractivity contribution < 1.29 is 5.11 Å². The van der Waals surface area contributed by atoms with Crippen LogP contribution >= 0.6 is 11.8 Å². The van der Waals surface area contributed by atoms with Gasteiger partial charge < -0.3 is 5.11 Å². The van der Waals surface area contributed by atoms with E-state index in [2.05, 4.69) is 5.10 Å². The van der Waals surface area contributed by atoms with E-state index in [1.54, 1.807) is 12.1 Å². The highest BCUT2D eigenvalue weighted by Gasteiger charge is 2.16. The van der Waals surface area contributed by atoms with Crippen molar-refractivity contribution in [1.29, 1.82) is 0 Å². The summed E-state index contributed by atoms with van der Waals surface area (Å²) in [6.07, 6.45) is 2.99. The summed E-state index contributed by atoms with van der Waals surface area (Å²) in [6.45, 7) is 0. The number of thioether (sulfide) groups is 1. The topological polar surface area (TPSA) is 38.0 Å². The molecular weight excluding hydrogens is 220 g/mol. The van der Waals surface area contributed by atoms with Crippen LogP contribution in [-0.2, 0) is 12.2 Å². The third-order valence-corrected chi connectivity index (χ3v) is 3.78. The van der Waals surface area contributed by atoms with Gasteiger partial charge in [0.25, 0.3) is 0 Å². The molecule has 1 aromatic carbocycles. The normalized spacial score (nSPS) is 14.8. The summed E-state index contributed by atoms with van der Waals surface area (Å²) in [5.41, 5.74) is 3.54. The van der Waals surface area contributed by atoms with Crippen molar-refractivity contribution in [3.05, 3.63) is 41.7 Å². The third-order valence-electron chi connectivity index (χ3n) is 2.77. The standard InChI is InChI=1S/C12H12N2OS/c15-11-3-1-2-10(6-11)14-12-4-5-16-8-9(12)7-13-14/h1-3,6-7,15H,4-5,8H2. The SMILES string of the molecule is Oc1cccc(-n2ncc3c2CCSC3)c1. The predicted octanol–water partition coefficient (Wildman–Crippen LogP) is 2.37. The highest BCUT2D eigenvalue weighted by atomic mass is 32.2. The smallest absolute Gasteiger partial charge is 0.117 e. The maximum Gasteiger partial charge on any atom is 0.117 e. The Bertz CT molecular complexity index is 521. The molecule has 0 unspecified atom stereocenters. The molecule has 0 radical (unpaired) electrons. The van der Waals surface area contributed by atoms with Gasteiger partial charge in [-0.1, -0.05) is 6.07 Å². The minimum Gasteiger partial charge on any atom is -0.508 e. The average molecular weight is 232 g/mol. The van der Waals surface area contributed by atoms with E-state index in [1.807, 2.05) is 34.8 Å². The Morgan fingerprint density at radius 3 is 3.19 bits per heavy atom. The van der Waals surface area contributed by atoms with Crippen LogP contribution in [0.15, 0.2) is 30.5 Å². The Morgan fingerprint density at radius 2 is 2.31 bits per heavy atom. The molecule has 3 rings (SSSR count). The molecule has 1 aliphatic rings. The fraction of sp³-hybridized carbons (Fsp3) is 0.250. The van der Waals surface area contributed by atoms with Crippen LogP contribution in [0.2, 0.25) is 0 Å². The first-order valence-corrected chi connectivity index (χ1v) is 6.43. The summed E-state index contributed by atoms with van der Waals surface area (Å²) in [4.78, 5) is 0. The fourth-order valence-corrected chi connectivity index (χ4v) is 2.94. The van der Waals surface area contributed by atoms with E-state index in [-0.39, 0.29) is 5.75 Å². The van der Waals surface area contributed by atoms with Gasteiger partial charge in [-0.15, -0.1) is 0 Å². The molecule has 0 amide bonds. The van der Waals surface area contributed by atoms with Crippen LogP contribution in [0.25, 0.3) is 5.69 Å². The molecule has 82 valence electrons. The van der Waals surface area contributed by atoms with Gasteiger partial charge in [0, 0.05) is 23.1 Å². The molecule has 0 bridgehead atoms. The van der Waals surface area contributed by atoms with Gasteiger partial charge in [0.1, 0.15) is 5.75 Å². The number of hydrogen-bond donors (Lipinski definition) is 1. The highest BCUT2D eigenvalue weighted by Crippen LogP contribution is 2.26. The molecular formula is C12H12N2OS. The molecule has 0 spiro atoms. The highest BCUT2D eigenvalue weighted by molar-refractivity contribution is 7.98. The number of nitrogens with zero attached hydrogens (tertiary/aromatic N) is 2. The summed E-state index contributed by atoms with van der Waals surface area (Å²) in [7, 11) is 0. The lowest BCUT2D eigenvalue weighted by atomic mass is 10.2. The number of phenols is 1. The zero-order valence-corrected chi connectivity index (χ0v) is 9.57. The molecule has 2 aromatic rings. The van der Waals surface area contributed by atoms with Crippen molar-refractivity contribution in [2.75, 3.05) is 5.75 Å². The molecule has 0 atom stereocenters. The number of hydrogen-bond acceptors (Lipinski definition) is 3. The number of aromatic nitrogens is 2. The van der Waals surface area contributed by atoms with E-state index in [4.69, 9.17) is 0 Å². The molecule has 1 aliphatic heterocycles. The van der Waals surface area contributed by atoms with E-state index < -0.39 is 0 Å². The first kappa shape index (κ1) is 9.78. The van der Waals surface area contributed by atoms with Crippen molar-refractivity contribution in [3.63, 3.8) is 0 Å². The van der Waals surface area contributed by atoms with Gasteiger partial charge >= 0.3 is 0 Å². The Labute approximate surface area is 98.1 Å². The lowest BCUT2D eigenvalue weighted by molar-refractivity contribution is 0.474. The van der Waals surface area contributed by atoms with Crippen LogP contribution in [0, 0.1) is 0 Å². The number of phenolic OH excluding ortho intramolecular Hbond substituents is 1. The summed E-state index contributed by atoms with van der Waals surface area (Å²) < 4.78 is 1.94. The first-order chi connectivity index (χ1) is 7.84. The van der Waals surface area contributed by atoms with Crippen molar-refractivity contribution >= 4 is 11.8 Å². The minimum absolute atomic E-state index is 0.284. The largest absolute Gasteiger partial charge is 0.508 e. The summed E-state index contributed by atoms with van der Waals surface area (Å²) in [5, 5.41) is 13.9. The van der Waals surface area contributed by atoms with Crippen LogP contribution in [0.4, 0.5) is 0 Å². The lowest BCUT2D eigenvalue weighted by Gasteiger charge is -2.13. The third kappa shape index (κ3) is 1.59. The van der Waals surface area contributed by atoms with Gasteiger partial charge in [0.2, 0.25) is 0 Å². The van der Waals surface area contributed by atoms with Crippen molar-refractivity contribution in [1.82, 2.24) is 9.78 Å². The van der Waals surface area contributed by atoms with Crippen LogP contribution in [0.3, 0.4) is 0 Å². The number of aromatic hydroxyl groups is 1. The predicted molar refractivity (Wildman–Crippen MR) is 65.1 cm³/mol. The van der Waals surface area contributed by atoms with Crippen LogP contribution < -0.4 is 0 Å². The van der Waals surface area contributed by atoms with Gasteiger partial charge in [-0.2, -0.15) is 16.9 Å². The maximum absolute atomic E-state index is 9.47. The van der Waals surface area contributed by atoms with E-state index in [1.165, 1.54) is 11.3 Å². The molecule has 0 aliphatic carbocycles. The van der Waals surface area contributed by atoms with Crippen molar-refractivity contribution in [3.8, 4) is 11.4 Å². The van der Waals surface area contributed by atoms with Crippen LogP contribution in [0.5, 0.6) is 5.75 Å². The molecule has 4 heteroatoms. The summed E-state index contributed by atoms with van der Waals surface area (Å²) >= 11 is 1.95. The van der Waals surface area contributed by atoms with Gasteiger partial charge in [0.05, 0.1) is 11.9 Å². The molecule has 16 heavy (non-hydrogen) atoms. The van der Waals surface area contributed by atoms with Gasteiger partial charge in [-0.3, -0.25) is 0 Å². The van der Waals surface area contributed by atoms with E-state index in [9.17, 15) is 5.11 Å². The number of benzene rings is 1. The van der Waals surface area contributed by atoms with E-state index >= 15 is 0 Å². The van der Waals surface area contributed by atoms with Crippen LogP contribution in [0.1, 0.15) is 11.3 Å².